The Kier molecular flexibility index (Phi) is 5.82. The normalized spacial score (nSPS) is 20.8. The number of ether oxygens (including phenoxy) is 1. The lowest BCUT2D eigenvalue weighted by atomic mass is 9.65. The molecule has 0 bridgehead atoms. The van der Waals surface area contributed by atoms with Gasteiger partial charge in [-0.15, -0.1) is 0 Å². The van der Waals surface area contributed by atoms with Crippen LogP contribution < -0.4 is 4.74 Å². The van der Waals surface area contributed by atoms with Crippen molar-refractivity contribution in [2.45, 2.75) is 70.6 Å². The van der Waals surface area contributed by atoms with Gasteiger partial charge >= 0.3 is 5.97 Å². The van der Waals surface area contributed by atoms with Crippen LogP contribution in [0.2, 0.25) is 0 Å². The van der Waals surface area contributed by atoms with E-state index < -0.39 is 5.97 Å². The van der Waals surface area contributed by atoms with Gasteiger partial charge in [0.2, 0.25) is 0 Å². The molecule has 25 heavy (non-hydrogen) atoms. The van der Waals surface area contributed by atoms with Crippen LogP contribution in [0, 0.1) is 5.41 Å². The van der Waals surface area contributed by atoms with E-state index in [1.54, 1.807) is 0 Å². The van der Waals surface area contributed by atoms with E-state index in [1.165, 1.54) is 56.9 Å². The molecule has 0 aromatic heterocycles. The molecule has 0 amide bonds. The molecular formula is C22H30O3. The first-order valence-corrected chi connectivity index (χ1v) is 9.69. The van der Waals surface area contributed by atoms with E-state index in [9.17, 15) is 4.79 Å². The number of aliphatic carboxylic acids is 1. The minimum atomic E-state index is -0.756. The summed E-state index contributed by atoms with van der Waals surface area (Å²) in [6.45, 7) is 2.63. The van der Waals surface area contributed by atoms with E-state index in [-0.39, 0.29) is 12.3 Å². The zero-order chi connectivity index (χ0) is 17.7. The molecule has 1 aromatic carbocycles. The minimum absolute atomic E-state index is 0.0266. The monoisotopic (exact) mass is 342 g/mol. The Hall–Kier alpha value is -1.77. The summed E-state index contributed by atoms with van der Waals surface area (Å²) in [5.74, 6) is 0.142. The average molecular weight is 342 g/mol. The third kappa shape index (κ3) is 4.87. The maximum Gasteiger partial charge on any atom is 0.303 e. The largest absolute Gasteiger partial charge is 0.489 e. The molecule has 0 heterocycles. The van der Waals surface area contributed by atoms with Gasteiger partial charge in [0.15, 0.2) is 0 Å². The molecule has 0 radical (unpaired) electrons. The predicted molar refractivity (Wildman–Crippen MR) is 100 cm³/mol. The van der Waals surface area contributed by atoms with Crippen molar-refractivity contribution < 1.29 is 14.6 Å². The summed E-state index contributed by atoms with van der Waals surface area (Å²) in [5, 5.41) is 8.90. The van der Waals surface area contributed by atoms with E-state index in [1.807, 2.05) is 31.2 Å². The molecule has 3 rings (SSSR count). The topological polar surface area (TPSA) is 46.5 Å². The van der Waals surface area contributed by atoms with Crippen molar-refractivity contribution in [1.29, 1.82) is 0 Å². The SMILES string of the molecule is CC(CC(=O)O)c1ccc(OCC2=CCCC3(CCCCC3)C2)cc1. The van der Waals surface area contributed by atoms with Gasteiger partial charge in [-0.2, -0.15) is 0 Å². The molecule has 3 heteroatoms. The number of carbonyl (C=O) groups is 1. The van der Waals surface area contributed by atoms with Crippen molar-refractivity contribution in [3.05, 3.63) is 41.5 Å². The second-order valence-corrected chi connectivity index (χ2v) is 8.00. The van der Waals surface area contributed by atoms with Gasteiger partial charge in [0.05, 0.1) is 6.42 Å². The van der Waals surface area contributed by atoms with Crippen LogP contribution in [-0.2, 0) is 4.79 Å². The number of benzene rings is 1. The van der Waals surface area contributed by atoms with E-state index >= 15 is 0 Å². The van der Waals surface area contributed by atoms with E-state index in [4.69, 9.17) is 9.84 Å². The summed E-state index contributed by atoms with van der Waals surface area (Å²) in [4.78, 5) is 10.8. The zero-order valence-electron chi connectivity index (χ0n) is 15.3. The smallest absolute Gasteiger partial charge is 0.303 e. The molecule has 1 unspecified atom stereocenters. The van der Waals surface area contributed by atoms with Crippen molar-refractivity contribution >= 4 is 5.97 Å². The van der Waals surface area contributed by atoms with E-state index in [2.05, 4.69) is 6.08 Å². The highest BCUT2D eigenvalue weighted by atomic mass is 16.5. The van der Waals surface area contributed by atoms with Crippen LogP contribution in [0.1, 0.15) is 76.2 Å². The maximum atomic E-state index is 10.8. The predicted octanol–water partition coefficient (Wildman–Crippen LogP) is 5.70. The van der Waals surface area contributed by atoms with Crippen LogP contribution >= 0.6 is 0 Å². The van der Waals surface area contributed by atoms with Gasteiger partial charge in [-0.25, -0.2) is 0 Å². The Morgan fingerprint density at radius 1 is 1.16 bits per heavy atom. The number of carboxylic acids is 1. The Morgan fingerprint density at radius 2 is 1.88 bits per heavy atom. The maximum absolute atomic E-state index is 10.8. The summed E-state index contributed by atoms with van der Waals surface area (Å²) in [5.41, 5.74) is 3.06. The molecule has 136 valence electrons. The molecule has 3 nitrogen and oxygen atoms in total. The first-order valence-electron chi connectivity index (χ1n) is 9.69. The highest BCUT2D eigenvalue weighted by Crippen LogP contribution is 2.47. The van der Waals surface area contributed by atoms with Crippen molar-refractivity contribution in [2.75, 3.05) is 6.61 Å². The Morgan fingerprint density at radius 3 is 2.56 bits per heavy atom. The summed E-state index contributed by atoms with van der Waals surface area (Å²) in [7, 11) is 0. The van der Waals surface area contributed by atoms with Crippen molar-refractivity contribution in [3.8, 4) is 5.75 Å². The molecule has 1 N–H and O–H groups in total. The van der Waals surface area contributed by atoms with Gasteiger partial charge in [0, 0.05) is 0 Å². The molecule has 0 saturated heterocycles. The van der Waals surface area contributed by atoms with Crippen molar-refractivity contribution in [2.24, 2.45) is 5.41 Å². The highest BCUT2D eigenvalue weighted by Gasteiger charge is 2.34. The van der Waals surface area contributed by atoms with Crippen LogP contribution in [0.5, 0.6) is 5.75 Å². The van der Waals surface area contributed by atoms with Crippen LogP contribution in [0.4, 0.5) is 0 Å². The summed E-state index contributed by atoms with van der Waals surface area (Å²) >= 11 is 0. The number of rotatable bonds is 6. The Bertz CT molecular complexity index is 609. The van der Waals surface area contributed by atoms with Gasteiger partial charge < -0.3 is 9.84 Å². The molecule has 0 aliphatic heterocycles. The number of hydrogen-bond acceptors (Lipinski definition) is 2. The fraction of sp³-hybridized carbons (Fsp3) is 0.591. The van der Waals surface area contributed by atoms with Crippen LogP contribution in [0.15, 0.2) is 35.9 Å². The Balaban J connectivity index is 1.53. The minimum Gasteiger partial charge on any atom is -0.489 e. The van der Waals surface area contributed by atoms with Crippen LogP contribution in [0.3, 0.4) is 0 Å². The van der Waals surface area contributed by atoms with Gasteiger partial charge in [0.1, 0.15) is 12.4 Å². The fourth-order valence-corrected chi connectivity index (χ4v) is 4.51. The van der Waals surface area contributed by atoms with Gasteiger partial charge in [-0.05, 0) is 66.7 Å². The standard InChI is InChI=1S/C22H30O3/c1-17(14-21(23)24)19-7-9-20(10-8-19)25-16-18-6-5-13-22(15-18)11-3-2-4-12-22/h6-10,17H,2-5,11-16H2,1H3,(H,23,24). The third-order valence-corrected chi connectivity index (χ3v) is 5.98. The lowest BCUT2D eigenvalue weighted by Gasteiger charge is -2.40. The number of hydrogen-bond donors (Lipinski definition) is 1. The van der Waals surface area contributed by atoms with Crippen molar-refractivity contribution in [3.63, 3.8) is 0 Å². The number of allylic oxidation sites excluding steroid dienone is 1. The summed E-state index contributed by atoms with van der Waals surface area (Å²) in [6, 6.07) is 7.91. The zero-order valence-corrected chi connectivity index (χ0v) is 15.3. The van der Waals surface area contributed by atoms with Crippen LogP contribution in [0.25, 0.3) is 0 Å². The average Bonchev–Trinajstić information content (AvgIpc) is 2.61. The molecule has 1 aromatic rings. The molecule has 1 fully saturated rings. The Labute approximate surface area is 151 Å². The highest BCUT2D eigenvalue weighted by molar-refractivity contribution is 5.67. The lowest BCUT2D eigenvalue weighted by molar-refractivity contribution is -0.137. The van der Waals surface area contributed by atoms with Gasteiger partial charge in [0.25, 0.3) is 0 Å². The lowest BCUT2D eigenvalue weighted by Crippen LogP contribution is -2.28. The first kappa shape index (κ1) is 18.0. The summed E-state index contributed by atoms with van der Waals surface area (Å²) in [6.07, 6.45) is 13.3. The van der Waals surface area contributed by atoms with Gasteiger partial charge in [-0.1, -0.05) is 44.4 Å². The molecule has 1 saturated carbocycles. The quantitative estimate of drug-likeness (QED) is 0.674. The van der Waals surface area contributed by atoms with Crippen molar-refractivity contribution in [1.82, 2.24) is 0 Å². The van der Waals surface area contributed by atoms with Gasteiger partial charge in [-0.3, -0.25) is 4.79 Å². The molecule has 1 spiro atoms. The first-order chi connectivity index (χ1) is 12.1. The molecule has 2 aliphatic carbocycles. The van der Waals surface area contributed by atoms with E-state index in [0.29, 0.717) is 12.0 Å². The van der Waals surface area contributed by atoms with E-state index in [0.717, 1.165) is 11.3 Å². The second kappa shape index (κ2) is 8.07. The molecule has 2 aliphatic rings. The number of carboxylic acid groups (broad SMARTS) is 1. The summed E-state index contributed by atoms with van der Waals surface area (Å²) < 4.78 is 6.01. The third-order valence-electron chi connectivity index (χ3n) is 5.98. The molecular weight excluding hydrogens is 312 g/mol. The van der Waals surface area contributed by atoms with Crippen LogP contribution in [-0.4, -0.2) is 17.7 Å². The molecule has 1 atom stereocenters. The second-order valence-electron chi connectivity index (χ2n) is 8.00. The fourth-order valence-electron chi connectivity index (χ4n) is 4.51.